The number of alkyl halides is 3. The van der Waals surface area contributed by atoms with E-state index in [2.05, 4.69) is 15.6 Å². The van der Waals surface area contributed by atoms with Gasteiger partial charge in [0, 0.05) is 18.0 Å². The largest absolute Gasteiger partial charge is 0.481 e. The van der Waals surface area contributed by atoms with Crippen molar-refractivity contribution in [2.24, 2.45) is 0 Å². The van der Waals surface area contributed by atoms with Crippen LogP contribution in [0.25, 0.3) is 0 Å². The van der Waals surface area contributed by atoms with Gasteiger partial charge in [-0.3, -0.25) is 4.79 Å². The SMILES string of the molecule is COc1cc(NC(=O)c2ccc(C(F)(F)F)cc2Nc2ccc(F)cc2C)c(C)cn1. The van der Waals surface area contributed by atoms with Gasteiger partial charge in [-0.15, -0.1) is 0 Å². The van der Waals surface area contributed by atoms with Crippen molar-refractivity contribution in [1.29, 1.82) is 0 Å². The fourth-order valence-corrected chi connectivity index (χ4v) is 2.87. The molecule has 3 rings (SSSR count). The lowest BCUT2D eigenvalue weighted by atomic mass is 10.1. The van der Waals surface area contributed by atoms with Gasteiger partial charge in [-0.2, -0.15) is 13.2 Å². The Morgan fingerprint density at radius 2 is 1.71 bits per heavy atom. The number of aryl methyl sites for hydroxylation is 2. The molecule has 3 aromatic rings. The first-order valence-electron chi connectivity index (χ1n) is 9.15. The number of benzene rings is 2. The first-order valence-corrected chi connectivity index (χ1v) is 9.15. The molecular weight excluding hydrogens is 414 g/mol. The minimum Gasteiger partial charge on any atom is -0.481 e. The molecule has 0 radical (unpaired) electrons. The highest BCUT2D eigenvalue weighted by Gasteiger charge is 2.31. The van der Waals surface area contributed by atoms with Gasteiger partial charge < -0.3 is 15.4 Å². The maximum absolute atomic E-state index is 13.4. The predicted molar refractivity (Wildman–Crippen MR) is 109 cm³/mol. The number of hydrogen-bond donors (Lipinski definition) is 2. The number of carbonyl (C=O) groups is 1. The molecule has 1 amide bonds. The number of aromatic nitrogens is 1. The highest BCUT2D eigenvalue weighted by Crippen LogP contribution is 2.34. The lowest BCUT2D eigenvalue weighted by Crippen LogP contribution is -2.16. The molecule has 0 saturated carbocycles. The molecule has 0 spiro atoms. The molecule has 1 heterocycles. The Labute approximate surface area is 176 Å². The van der Waals surface area contributed by atoms with Crippen LogP contribution in [0.15, 0.2) is 48.7 Å². The van der Waals surface area contributed by atoms with E-state index >= 15 is 0 Å². The van der Waals surface area contributed by atoms with Crippen LogP contribution in [0.5, 0.6) is 5.88 Å². The number of carbonyl (C=O) groups excluding carboxylic acids is 1. The Balaban J connectivity index is 2.01. The number of anilines is 3. The fraction of sp³-hybridized carbons (Fsp3) is 0.182. The second-order valence-electron chi connectivity index (χ2n) is 6.84. The molecule has 31 heavy (non-hydrogen) atoms. The number of methoxy groups -OCH3 is 1. The van der Waals surface area contributed by atoms with Gasteiger partial charge in [0.25, 0.3) is 5.91 Å². The van der Waals surface area contributed by atoms with Crippen LogP contribution in [0.4, 0.5) is 34.6 Å². The van der Waals surface area contributed by atoms with Crippen LogP contribution >= 0.6 is 0 Å². The summed E-state index contributed by atoms with van der Waals surface area (Å²) >= 11 is 0. The number of amides is 1. The minimum absolute atomic E-state index is 0.0214. The van der Waals surface area contributed by atoms with Crippen LogP contribution in [-0.4, -0.2) is 18.0 Å². The summed E-state index contributed by atoms with van der Waals surface area (Å²) in [7, 11) is 1.42. The highest BCUT2D eigenvalue weighted by atomic mass is 19.4. The summed E-state index contributed by atoms with van der Waals surface area (Å²) in [5.74, 6) is -0.840. The van der Waals surface area contributed by atoms with Crippen molar-refractivity contribution in [3.63, 3.8) is 0 Å². The topological polar surface area (TPSA) is 63.2 Å². The molecule has 1 aromatic heterocycles. The second-order valence-corrected chi connectivity index (χ2v) is 6.84. The number of halogens is 4. The van der Waals surface area contributed by atoms with E-state index in [1.165, 1.54) is 37.6 Å². The van der Waals surface area contributed by atoms with Crippen LogP contribution in [0.2, 0.25) is 0 Å². The summed E-state index contributed by atoms with van der Waals surface area (Å²) in [6, 6.07) is 8.08. The molecule has 0 saturated heterocycles. The Kier molecular flexibility index (Phi) is 6.14. The Morgan fingerprint density at radius 3 is 2.35 bits per heavy atom. The number of nitrogens with one attached hydrogen (secondary N) is 2. The van der Waals surface area contributed by atoms with E-state index in [4.69, 9.17) is 4.74 Å². The van der Waals surface area contributed by atoms with Crippen molar-refractivity contribution < 1.29 is 27.1 Å². The van der Waals surface area contributed by atoms with Gasteiger partial charge in [-0.05, 0) is 61.4 Å². The third kappa shape index (κ3) is 5.11. The van der Waals surface area contributed by atoms with Gasteiger partial charge in [-0.25, -0.2) is 9.37 Å². The molecule has 162 valence electrons. The summed E-state index contributed by atoms with van der Waals surface area (Å²) < 4.78 is 58.2. The van der Waals surface area contributed by atoms with E-state index in [1.54, 1.807) is 13.8 Å². The molecule has 0 aliphatic heterocycles. The maximum Gasteiger partial charge on any atom is 0.416 e. The molecule has 0 fully saturated rings. The third-order valence-electron chi connectivity index (χ3n) is 4.58. The van der Waals surface area contributed by atoms with Gasteiger partial charge in [0.2, 0.25) is 5.88 Å². The smallest absolute Gasteiger partial charge is 0.416 e. The van der Waals surface area contributed by atoms with Crippen LogP contribution in [0, 0.1) is 19.7 Å². The molecule has 2 aromatic carbocycles. The average Bonchev–Trinajstić information content (AvgIpc) is 2.71. The van der Waals surface area contributed by atoms with Gasteiger partial charge in [0.1, 0.15) is 5.82 Å². The van der Waals surface area contributed by atoms with Gasteiger partial charge in [-0.1, -0.05) is 0 Å². The molecule has 9 heteroatoms. The number of hydrogen-bond acceptors (Lipinski definition) is 4. The molecule has 5 nitrogen and oxygen atoms in total. The monoisotopic (exact) mass is 433 g/mol. The number of ether oxygens (including phenoxy) is 1. The average molecular weight is 433 g/mol. The van der Waals surface area contributed by atoms with Gasteiger partial charge in [0.05, 0.1) is 29.6 Å². The standard InChI is InChI=1S/C22H19F4N3O2/c1-12-8-15(23)5-7-17(12)28-19-9-14(22(24,25)26)4-6-16(19)21(30)29-18-10-20(31-3)27-11-13(18)2/h4-11,28H,1-3H3,(H,27,29,30). The molecule has 2 N–H and O–H groups in total. The molecule has 0 bridgehead atoms. The van der Waals surface area contributed by atoms with E-state index < -0.39 is 23.5 Å². The van der Waals surface area contributed by atoms with Crippen molar-refractivity contribution in [2.45, 2.75) is 20.0 Å². The lowest BCUT2D eigenvalue weighted by Gasteiger charge is -2.17. The molecule has 0 unspecified atom stereocenters. The normalized spacial score (nSPS) is 11.2. The zero-order valence-electron chi connectivity index (χ0n) is 16.9. The molecule has 0 atom stereocenters. The molecule has 0 aliphatic rings. The van der Waals surface area contributed by atoms with Gasteiger partial charge in [0.15, 0.2) is 0 Å². The van der Waals surface area contributed by atoms with E-state index in [0.29, 0.717) is 22.5 Å². The van der Waals surface area contributed by atoms with E-state index in [9.17, 15) is 22.4 Å². The van der Waals surface area contributed by atoms with Crippen LogP contribution in [-0.2, 0) is 6.18 Å². The van der Waals surface area contributed by atoms with Crippen LogP contribution in [0.3, 0.4) is 0 Å². The maximum atomic E-state index is 13.4. The summed E-state index contributed by atoms with van der Waals surface area (Å²) in [6.07, 6.45) is -3.10. The predicted octanol–water partition coefficient (Wildman–Crippen LogP) is 5.86. The number of rotatable bonds is 5. The Morgan fingerprint density at radius 1 is 0.968 bits per heavy atom. The highest BCUT2D eigenvalue weighted by molar-refractivity contribution is 6.09. The zero-order valence-corrected chi connectivity index (χ0v) is 16.9. The Hall–Kier alpha value is -3.62. The zero-order chi connectivity index (χ0) is 22.8. The van der Waals surface area contributed by atoms with Crippen LogP contribution < -0.4 is 15.4 Å². The first-order chi connectivity index (χ1) is 14.6. The summed E-state index contributed by atoms with van der Waals surface area (Å²) in [5, 5.41) is 5.49. The number of nitrogens with zero attached hydrogens (tertiary/aromatic N) is 1. The minimum atomic E-state index is -4.60. The lowest BCUT2D eigenvalue weighted by molar-refractivity contribution is -0.137. The molecular formula is C22H19F4N3O2. The Bertz CT molecular complexity index is 1130. The van der Waals surface area contributed by atoms with Gasteiger partial charge >= 0.3 is 6.18 Å². The van der Waals surface area contributed by atoms with Crippen molar-refractivity contribution in [3.05, 3.63) is 76.7 Å². The summed E-state index contributed by atoms with van der Waals surface area (Å²) in [4.78, 5) is 16.9. The van der Waals surface area contributed by atoms with E-state index in [0.717, 1.165) is 18.2 Å². The van der Waals surface area contributed by atoms with E-state index in [-0.39, 0.29) is 17.1 Å². The van der Waals surface area contributed by atoms with Crippen molar-refractivity contribution in [3.8, 4) is 5.88 Å². The van der Waals surface area contributed by atoms with Crippen molar-refractivity contribution >= 4 is 23.0 Å². The molecule has 0 aliphatic carbocycles. The van der Waals surface area contributed by atoms with Crippen LogP contribution in [0.1, 0.15) is 27.0 Å². The quantitative estimate of drug-likeness (QED) is 0.495. The summed E-state index contributed by atoms with van der Waals surface area (Å²) in [5.41, 5.74) is 0.876. The fourth-order valence-electron chi connectivity index (χ4n) is 2.87. The third-order valence-corrected chi connectivity index (χ3v) is 4.58. The number of pyridine rings is 1. The summed E-state index contributed by atoms with van der Waals surface area (Å²) in [6.45, 7) is 3.32. The second kappa shape index (κ2) is 8.63. The van der Waals surface area contributed by atoms with E-state index in [1.807, 2.05) is 0 Å². The first kappa shape index (κ1) is 22.1. The van der Waals surface area contributed by atoms with Crippen molar-refractivity contribution in [2.75, 3.05) is 17.7 Å². The van der Waals surface area contributed by atoms with Crippen molar-refractivity contribution in [1.82, 2.24) is 4.98 Å².